The van der Waals surface area contributed by atoms with Crippen molar-refractivity contribution in [3.63, 3.8) is 0 Å². The Bertz CT molecular complexity index is 277. The molecule has 0 bridgehead atoms. The van der Waals surface area contributed by atoms with Gasteiger partial charge in [0, 0.05) is 6.54 Å². The van der Waals surface area contributed by atoms with Crippen molar-refractivity contribution < 1.29 is 4.74 Å². The highest BCUT2D eigenvalue weighted by molar-refractivity contribution is 5.56. The van der Waals surface area contributed by atoms with Gasteiger partial charge in [-0.25, -0.2) is 0 Å². The third-order valence-corrected chi connectivity index (χ3v) is 2.03. The van der Waals surface area contributed by atoms with Crippen LogP contribution in [0.1, 0.15) is 5.56 Å². The Labute approximate surface area is 85.5 Å². The van der Waals surface area contributed by atoms with E-state index in [0.29, 0.717) is 12.3 Å². The molecule has 1 aromatic carbocycles. The monoisotopic (exact) mass is 194 g/mol. The lowest BCUT2D eigenvalue weighted by Gasteiger charge is -2.14. The maximum Gasteiger partial charge on any atom is 0.145 e. The maximum absolute atomic E-state index is 5.80. The van der Waals surface area contributed by atoms with Gasteiger partial charge in [-0.15, -0.1) is 0 Å². The molecule has 0 heterocycles. The lowest BCUT2D eigenvalue weighted by Crippen LogP contribution is -2.19. The van der Waals surface area contributed by atoms with Crippen LogP contribution in [0, 0.1) is 6.92 Å². The Morgan fingerprint density at radius 1 is 1.36 bits per heavy atom. The minimum absolute atomic E-state index is 0.669. The molecule has 0 fully saturated rings. The molecule has 0 saturated heterocycles. The largest absolute Gasteiger partial charge is 0.490 e. The fourth-order valence-corrected chi connectivity index (χ4v) is 1.20. The molecule has 1 aromatic rings. The van der Waals surface area contributed by atoms with Crippen LogP contribution in [0.5, 0.6) is 5.75 Å². The SMILES string of the molecule is Cc1cccc(N)c1OCCN(C)C. The van der Waals surface area contributed by atoms with E-state index in [1.807, 2.05) is 39.2 Å². The number of hydrogen-bond donors (Lipinski definition) is 1. The number of benzene rings is 1. The van der Waals surface area contributed by atoms with Crippen molar-refractivity contribution in [2.24, 2.45) is 0 Å². The Morgan fingerprint density at radius 2 is 2.07 bits per heavy atom. The zero-order valence-corrected chi connectivity index (χ0v) is 9.08. The molecule has 2 N–H and O–H groups in total. The van der Waals surface area contributed by atoms with E-state index in [2.05, 4.69) is 4.90 Å². The molecule has 3 nitrogen and oxygen atoms in total. The van der Waals surface area contributed by atoms with Crippen molar-refractivity contribution in [1.29, 1.82) is 0 Å². The lowest BCUT2D eigenvalue weighted by atomic mass is 10.2. The van der Waals surface area contributed by atoms with E-state index in [1.54, 1.807) is 0 Å². The summed E-state index contributed by atoms with van der Waals surface area (Å²) in [6.45, 7) is 3.57. The molecule has 78 valence electrons. The number of nitrogens with two attached hydrogens (primary N) is 1. The van der Waals surface area contributed by atoms with E-state index in [4.69, 9.17) is 10.5 Å². The highest BCUT2D eigenvalue weighted by atomic mass is 16.5. The molecule has 14 heavy (non-hydrogen) atoms. The van der Waals surface area contributed by atoms with Crippen LogP contribution in [0.25, 0.3) is 0 Å². The van der Waals surface area contributed by atoms with Gasteiger partial charge in [0.2, 0.25) is 0 Å². The van der Waals surface area contributed by atoms with Crippen LogP contribution in [0.3, 0.4) is 0 Å². The van der Waals surface area contributed by atoms with Gasteiger partial charge in [0.25, 0.3) is 0 Å². The van der Waals surface area contributed by atoms with Gasteiger partial charge in [-0.3, -0.25) is 0 Å². The average Bonchev–Trinajstić information content (AvgIpc) is 2.09. The second-order valence-electron chi connectivity index (χ2n) is 3.64. The summed E-state index contributed by atoms with van der Waals surface area (Å²) in [7, 11) is 4.04. The van der Waals surface area contributed by atoms with Crippen LogP contribution in [0.4, 0.5) is 5.69 Å². The zero-order valence-electron chi connectivity index (χ0n) is 9.08. The van der Waals surface area contributed by atoms with Crippen molar-refractivity contribution in [2.45, 2.75) is 6.92 Å². The Balaban J connectivity index is 2.58. The highest BCUT2D eigenvalue weighted by Crippen LogP contribution is 2.24. The summed E-state index contributed by atoms with van der Waals surface area (Å²) in [4.78, 5) is 2.08. The van der Waals surface area contributed by atoms with Crippen LogP contribution < -0.4 is 10.5 Å². The quantitative estimate of drug-likeness (QED) is 0.738. The van der Waals surface area contributed by atoms with Gasteiger partial charge in [0.15, 0.2) is 0 Å². The number of hydrogen-bond acceptors (Lipinski definition) is 3. The summed E-state index contributed by atoms with van der Waals surface area (Å²) in [6, 6.07) is 5.79. The van der Waals surface area contributed by atoms with Gasteiger partial charge in [-0.1, -0.05) is 12.1 Å². The summed E-state index contributed by atoms with van der Waals surface area (Å²) < 4.78 is 5.61. The second-order valence-corrected chi connectivity index (χ2v) is 3.64. The van der Waals surface area contributed by atoms with Crippen LogP contribution >= 0.6 is 0 Å². The number of likely N-dealkylation sites (N-methyl/N-ethyl adjacent to an activating group) is 1. The van der Waals surface area contributed by atoms with Gasteiger partial charge >= 0.3 is 0 Å². The fourth-order valence-electron chi connectivity index (χ4n) is 1.20. The first-order valence-electron chi connectivity index (χ1n) is 4.74. The van der Waals surface area contributed by atoms with E-state index in [9.17, 15) is 0 Å². The van der Waals surface area contributed by atoms with Crippen molar-refractivity contribution in [2.75, 3.05) is 33.0 Å². The lowest BCUT2D eigenvalue weighted by molar-refractivity contribution is 0.261. The first kappa shape index (κ1) is 10.9. The second kappa shape index (κ2) is 4.86. The molecule has 0 aromatic heterocycles. The molecular formula is C11H18N2O. The smallest absolute Gasteiger partial charge is 0.145 e. The van der Waals surface area contributed by atoms with Gasteiger partial charge < -0.3 is 15.4 Å². The van der Waals surface area contributed by atoms with Gasteiger partial charge in [-0.05, 0) is 32.6 Å². The van der Waals surface area contributed by atoms with Crippen LogP contribution in [-0.4, -0.2) is 32.1 Å². The normalized spacial score (nSPS) is 10.6. The number of nitrogens with zero attached hydrogens (tertiary/aromatic N) is 1. The molecule has 0 aliphatic heterocycles. The molecule has 0 spiro atoms. The standard InChI is InChI=1S/C11H18N2O/c1-9-5-4-6-10(12)11(9)14-8-7-13(2)3/h4-6H,7-8,12H2,1-3H3. The first-order chi connectivity index (χ1) is 6.61. The molecular weight excluding hydrogens is 176 g/mol. The molecule has 3 heteroatoms. The van der Waals surface area contributed by atoms with Crippen molar-refractivity contribution >= 4 is 5.69 Å². The molecule has 0 radical (unpaired) electrons. The van der Waals surface area contributed by atoms with E-state index >= 15 is 0 Å². The first-order valence-corrected chi connectivity index (χ1v) is 4.74. The molecule has 0 aliphatic rings. The van der Waals surface area contributed by atoms with Crippen molar-refractivity contribution in [3.8, 4) is 5.75 Å². The Morgan fingerprint density at radius 3 is 2.64 bits per heavy atom. The third-order valence-electron chi connectivity index (χ3n) is 2.03. The number of rotatable bonds is 4. The topological polar surface area (TPSA) is 38.5 Å². The predicted octanol–water partition coefficient (Wildman–Crippen LogP) is 1.52. The van der Waals surface area contributed by atoms with Crippen molar-refractivity contribution in [3.05, 3.63) is 23.8 Å². The summed E-state index contributed by atoms with van der Waals surface area (Å²) in [5, 5.41) is 0. The zero-order chi connectivity index (χ0) is 10.6. The molecule has 0 unspecified atom stereocenters. The van der Waals surface area contributed by atoms with Crippen molar-refractivity contribution in [1.82, 2.24) is 4.90 Å². The fraction of sp³-hybridized carbons (Fsp3) is 0.455. The minimum atomic E-state index is 0.669. The summed E-state index contributed by atoms with van der Waals surface area (Å²) in [5.74, 6) is 0.814. The van der Waals surface area contributed by atoms with Crippen LogP contribution in [-0.2, 0) is 0 Å². The third kappa shape index (κ3) is 2.92. The Hall–Kier alpha value is -1.22. The minimum Gasteiger partial charge on any atom is -0.490 e. The average molecular weight is 194 g/mol. The molecule has 0 aliphatic carbocycles. The van der Waals surface area contributed by atoms with E-state index in [0.717, 1.165) is 17.9 Å². The number of anilines is 1. The number of aryl methyl sites for hydroxylation is 1. The van der Waals surface area contributed by atoms with Gasteiger partial charge in [-0.2, -0.15) is 0 Å². The van der Waals surface area contributed by atoms with E-state index < -0.39 is 0 Å². The Kier molecular flexibility index (Phi) is 3.77. The molecule has 0 saturated carbocycles. The summed E-state index contributed by atoms with van der Waals surface area (Å²) in [6.07, 6.45) is 0. The molecule has 0 atom stereocenters. The number of nitrogen functional groups attached to an aromatic ring is 1. The van der Waals surface area contributed by atoms with Gasteiger partial charge in [0.1, 0.15) is 12.4 Å². The van der Waals surface area contributed by atoms with E-state index in [1.165, 1.54) is 0 Å². The van der Waals surface area contributed by atoms with Crippen LogP contribution in [0.15, 0.2) is 18.2 Å². The number of para-hydroxylation sites is 1. The van der Waals surface area contributed by atoms with Crippen LogP contribution in [0.2, 0.25) is 0 Å². The van der Waals surface area contributed by atoms with E-state index in [-0.39, 0.29) is 0 Å². The van der Waals surface area contributed by atoms with Gasteiger partial charge in [0.05, 0.1) is 5.69 Å². The number of ether oxygens (including phenoxy) is 1. The molecule has 1 rings (SSSR count). The summed E-state index contributed by atoms with van der Waals surface area (Å²) in [5.41, 5.74) is 7.60. The highest BCUT2D eigenvalue weighted by Gasteiger charge is 2.03. The predicted molar refractivity (Wildman–Crippen MR) is 59.6 cm³/mol. The summed E-state index contributed by atoms with van der Waals surface area (Å²) >= 11 is 0. The molecule has 0 amide bonds. The maximum atomic E-state index is 5.80.